The van der Waals surface area contributed by atoms with Gasteiger partial charge in [-0.15, -0.1) is 0 Å². The Bertz CT molecular complexity index is 915. The van der Waals surface area contributed by atoms with Gasteiger partial charge < -0.3 is 18.8 Å². The molecule has 1 amide bonds. The molecule has 1 fully saturated rings. The van der Waals surface area contributed by atoms with Crippen molar-refractivity contribution in [2.45, 2.75) is 13.3 Å². The predicted molar refractivity (Wildman–Crippen MR) is 102 cm³/mol. The van der Waals surface area contributed by atoms with Gasteiger partial charge in [-0.1, -0.05) is 6.92 Å². The number of piperazine rings is 1. The second kappa shape index (κ2) is 8.88. The molecule has 0 saturated carbocycles. The molecule has 28 heavy (non-hydrogen) atoms. The van der Waals surface area contributed by atoms with Gasteiger partial charge in [-0.2, -0.15) is 0 Å². The summed E-state index contributed by atoms with van der Waals surface area (Å²) in [7, 11) is 1.36. The Kier molecular flexibility index (Phi) is 6.30. The van der Waals surface area contributed by atoms with Gasteiger partial charge in [-0.05, 0) is 24.1 Å². The van der Waals surface area contributed by atoms with Crippen molar-refractivity contribution < 1.29 is 23.5 Å². The van der Waals surface area contributed by atoms with E-state index < -0.39 is 5.63 Å². The van der Waals surface area contributed by atoms with Gasteiger partial charge in [0.1, 0.15) is 11.3 Å². The van der Waals surface area contributed by atoms with E-state index in [1.54, 1.807) is 17.0 Å². The summed E-state index contributed by atoms with van der Waals surface area (Å²) in [6, 6.07) is 6.73. The summed E-state index contributed by atoms with van der Waals surface area (Å²) in [5, 5.41) is 0.863. The zero-order valence-corrected chi connectivity index (χ0v) is 16.1. The monoisotopic (exact) mass is 388 g/mol. The van der Waals surface area contributed by atoms with Crippen LogP contribution < -0.4 is 10.4 Å². The summed E-state index contributed by atoms with van der Waals surface area (Å²) in [5.74, 6) is 0.0699. The number of benzene rings is 1. The minimum atomic E-state index is -0.401. The van der Waals surface area contributed by atoms with Crippen molar-refractivity contribution in [1.29, 1.82) is 0 Å². The molecule has 1 aromatic carbocycles. The molecule has 8 nitrogen and oxygen atoms in total. The number of fused-ring (bicyclic) bond motifs is 1. The molecule has 1 saturated heterocycles. The molecule has 0 N–H and O–H groups in total. The maximum atomic E-state index is 12.4. The summed E-state index contributed by atoms with van der Waals surface area (Å²) < 4.78 is 15.5. The molecule has 1 aromatic heterocycles. The molecular formula is C20H24N2O6. The van der Waals surface area contributed by atoms with Crippen molar-refractivity contribution in [1.82, 2.24) is 9.80 Å². The Morgan fingerprint density at radius 2 is 1.89 bits per heavy atom. The highest BCUT2D eigenvalue weighted by molar-refractivity contribution is 5.82. The maximum absolute atomic E-state index is 12.4. The highest BCUT2D eigenvalue weighted by Gasteiger charge is 2.23. The van der Waals surface area contributed by atoms with E-state index >= 15 is 0 Å². The highest BCUT2D eigenvalue weighted by Crippen LogP contribution is 2.23. The number of methoxy groups -OCH3 is 1. The van der Waals surface area contributed by atoms with Gasteiger partial charge in [0.15, 0.2) is 6.61 Å². The molecule has 2 heterocycles. The SMILES string of the molecule is CCc1cc(=O)oc2cc(OCC(=O)N3CCN(CC(=O)OC)CC3)ccc12. The van der Waals surface area contributed by atoms with Crippen LogP contribution in [0.4, 0.5) is 0 Å². The fourth-order valence-corrected chi connectivity index (χ4v) is 3.23. The molecule has 0 spiro atoms. The van der Waals surface area contributed by atoms with Gasteiger partial charge in [-0.25, -0.2) is 4.79 Å². The van der Waals surface area contributed by atoms with Crippen molar-refractivity contribution >= 4 is 22.8 Å². The van der Waals surface area contributed by atoms with Crippen molar-refractivity contribution in [3.8, 4) is 5.75 Å². The number of hydrogen-bond acceptors (Lipinski definition) is 7. The van der Waals surface area contributed by atoms with Crippen LogP contribution >= 0.6 is 0 Å². The van der Waals surface area contributed by atoms with Crippen LogP contribution in [0.2, 0.25) is 0 Å². The average Bonchev–Trinajstić information content (AvgIpc) is 2.71. The predicted octanol–water partition coefficient (Wildman–Crippen LogP) is 1.05. The molecule has 150 valence electrons. The molecule has 0 atom stereocenters. The first-order valence-corrected chi connectivity index (χ1v) is 9.26. The van der Waals surface area contributed by atoms with Crippen molar-refractivity contribution in [3.63, 3.8) is 0 Å². The second-order valence-corrected chi connectivity index (χ2v) is 6.62. The van der Waals surface area contributed by atoms with Gasteiger partial charge in [0, 0.05) is 43.7 Å². The standard InChI is InChI=1S/C20H24N2O6/c1-3-14-10-19(24)28-17-11-15(4-5-16(14)17)27-13-18(23)22-8-6-21(7-9-22)12-20(25)26-2/h4-5,10-11H,3,6-9,12-13H2,1-2H3. The van der Waals surface area contributed by atoms with Crippen LogP contribution in [0, 0.1) is 0 Å². The second-order valence-electron chi connectivity index (χ2n) is 6.62. The van der Waals surface area contributed by atoms with Crippen molar-refractivity contribution in [2.24, 2.45) is 0 Å². The fraction of sp³-hybridized carbons (Fsp3) is 0.450. The molecule has 3 rings (SSSR count). The Labute approximate surface area is 162 Å². The van der Waals surface area contributed by atoms with Crippen molar-refractivity contribution in [2.75, 3.05) is 46.4 Å². The topological polar surface area (TPSA) is 89.3 Å². The Morgan fingerprint density at radius 1 is 1.14 bits per heavy atom. The first-order valence-electron chi connectivity index (χ1n) is 9.26. The van der Waals surface area contributed by atoms with E-state index in [9.17, 15) is 14.4 Å². The van der Waals surface area contributed by atoms with Crippen LogP contribution in [-0.4, -0.2) is 68.1 Å². The van der Waals surface area contributed by atoms with E-state index in [0.29, 0.717) is 37.5 Å². The summed E-state index contributed by atoms with van der Waals surface area (Å²) >= 11 is 0. The quantitative estimate of drug-likeness (QED) is 0.540. The van der Waals surface area contributed by atoms with Gasteiger partial charge in [0.2, 0.25) is 0 Å². The maximum Gasteiger partial charge on any atom is 0.336 e. The third kappa shape index (κ3) is 4.69. The number of hydrogen-bond donors (Lipinski definition) is 0. The third-order valence-electron chi connectivity index (χ3n) is 4.85. The highest BCUT2D eigenvalue weighted by atomic mass is 16.5. The summed E-state index contributed by atoms with van der Waals surface area (Å²) in [6.45, 7) is 4.40. The van der Waals surface area contributed by atoms with Gasteiger partial charge in [0.05, 0.1) is 13.7 Å². The van der Waals surface area contributed by atoms with Crippen LogP contribution in [0.3, 0.4) is 0 Å². The van der Waals surface area contributed by atoms with Gasteiger partial charge >= 0.3 is 11.6 Å². The number of rotatable bonds is 6. The van der Waals surface area contributed by atoms with E-state index in [4.69, 9.17) is 9.15 Å². The minimum absolute atomic E-state index is 0.0970. The minimum Gasteiger partial charge on any atom is -0.484 e. The molecule has 0 aliphatic carbocycles. The number of carbonyl (C=O) groups is 2. The first-order chi connectivity index (χ1) is 13.5. The largest absolute Gasteiger partial charge is 0.484 e. The lowest BCUT2D eigenvalue weighted by molar-refractivity contribution is -0.143. The molecule has 1 aliphatic heterocycles. The summed E-state index contributed by atoms with van der Waals surface area (Å²) in [5.41, 5.74) is 0.965. The zero-order chi connectivity index (χ0) is 20.1. The van der Waals surface area contributed by atoms with Crippen LogP contribution in [0.5, 0.6) is 5.75 Å². The van der Waals surface area contributed by atoms with Gasteiger partial charge in [-0.3, -0.25) is 14.5 Å². The number of aryl methyl sites for hydroxylation is 1. The Morgan fingerprint density at radius 3 is 2.57 bits per heavy atom. The van der Waals surface area contributed by atoms with Crippen LogP contribution in [0.15, 0.2) is 33.5 Å². The molecule has 2 aromatic rings. The number of nitrogens with zero attached hydrogens (tertiary/aromatic N) is 2. The van der Waals surface area contributed by atoms with Crippen LogP contribution in [0.25, 0.3) is 11.0 Å². The van der Waals surface area contributed by atoms with Crippen molar-refractivity contribution in [3.05, 3.63) is 40.2 Å². The van der Waals surface area contributed by atoms with E-state index in [1.165, 1.54) is 13.2 Å². The normalized spacial score (nSPS) is 14.9. The average molecular weight is 388 g/mol. The smallest absolute Gasteiger partial charge is 0.336 e. The molecule has 8 heteroatoms. The van der Waals surface area contributed by atoms with E-state index in [1.807, 2.05) is 17.9 Å². The number of amides is 1. The van der Waals surface area contributed by atoms with Gasteiger partial charge in [0.25, 0.3) is 5.91 Å². The molecule has 1 aliphatic rings. The van der Waals surface area contributed by atoms with Crippen LogP contribution in [-0.2, 0) is 20.7 Å². The Balaban J connectivity index is 1.56. The lowest BCUT2D eigenvalue weighted by Gasteiger charge is -2.33. The van der Waals surface area contributed by atoms with E-state index in [-0.39, 0.29) is 25.0 Å². The zero-order valence-electron chi connectivity index (χ0n) is 16.1. The van der Waals surface area contributed by atoms with E-state index in [2.05, 4.69) is 4.74 Å². The molecular weight excluding hydrogens is 364 g/mol. The fourth-order valence-electron chi connectivity index (χ4n) is 3.23. The molecule has 0 unspecified atom stereocenters. The Hall–Kier alpha value is -2.87. The lowest BCUT2D eigenvalue weighted by Crippen LogP contribution is -2.51. The first kappa shape index (κ1) is 19.9. The number of ether oxygens (including phenoxy) is 2. The lowest BCUT2D eigenvalue weighted by atomic mass is 10.1. The van der Waals surface area contributed by atoms with E-state index in [0.717, 1.165) is 17.4 Å². The summed E-state index contributed by atoms with van der Waals surface area (Å²) in [6.07, 6.45) is 0.725. The number of esters is 1. The number of carbonyl (C=O) groups excluding carboxylic acids is 2. The summed E-state index contributed by atoms with van der Waals surface area (Å²) in [4.78, 5) is 39.0. The molecule has 0 radical (unpaired) electrons. The van der Waals surface area contributed by atoms with Crippen LogP contribution in [0.1, 0.15) is 12.5 Å². The molecule has 0 bridgehead atoms. The third-order valence-corrected chi connectivity index (χ3v) is 4.85.